The molecular weight excluding hydrogens is 262 g/mol. The zero-order chi connectivity index (χ0) is 14.7. The number of aromatic nitrogens is 1. The first-order valence-corrected chi connectivity index (χ1v) is 7.66. The third-order valence-electron chi connectivity index (χ3n) is 4.06. The topological polar surface area (TPSA) is 45.2 Å². The molecule has 0 aliphatic carbocycles. The Labute approximate surface area is 125 Å². The monoisotopic (exact) mass is 283 g/mol. The van der Waals surface area contributed by atoms with E-state index in [0.29, 0.717) is 11.6 Å². The van der Waals surface area contributed by atoms with Gasteiger partial charge in [-0.2, -0.15) is 0 Å². The molecule has 1 aromatic heterocycles. The van der Waals surface area contributed by atoms with Crippen LogP contribution in [0.3, 0.4) is 0 Å². The lowest BCUT2D eigenvalue weighted by Gasteiger charge is -2.28. The Hall–Kier alpha value is -1.94. The number of carbonyl (C=O) groups excluding carboxylic acids is 1. The molecule has 110 valence electrons. The fraction of sp³-hybridized carbons (Fsp3) is 0.412. The molecule has 1 aliphatic heterocycles. The van der Waals surface area contributed by atoms with Crippen LogP contribution in [0.15, 0.2) is 36.5 Å². The van der Waals surface area contributed by atoms with Crippen molar-refractivity contribution in [2.75, 3.05) is 19.6 Å². The summed E-state index contributed by atoms with van der Waals surface area (Å²) in [6.07, 6.45) is 3.75. The van der Waals surface area contributed by atoms with E-state index in [0.717, 1.165) is 43.4 Å². The minimum Gasteiger partial charge on any atom is -0.334 e. The molecule has 1 aromatic carbocycles. The van der Waals surface area contributed by atoms with Gasteiger partial charge in [0.25, 0.3) is 5.91 Å². The summed E-state index contributed by atoms with van der Waals surface area (Å²) in [5.41, 5.74) is 1.52. The molecule has 0 radical (unpaired) electrons. The number of carbonyl (C=O) groups is 1. The van der Waals surface area contributed by atoms with Crippen LogP contribution in [-0.2, 0) is 0 Å². The van der Waals surface area contributed by atoms with Gasteiger partial charge in [-0.1, -0.05) is 25.1 Å². The molecule has 21 heavy (non-hydrogen) atoms. The van der Waals surface area contributed by atoms with Crippen LogP contribution >= 0.6 is 0 Å². The minimum absolute atomic E-state index is 0.106. The lowest BCUT2D eigenvalue weighted by atomic mass is 10.1. The van der Waals surface area contributed by atoms with Gasteiger partial charge in [0.1, 0.15) is 0 Å². The summed E-state index contributed by atoms with van der Waals surface area (Å²) in [6.45, 7) is 4.80. The highest BCUT2D eigenvalue weighted by Gasteiger charge is 2.27. The third kappa shape index (κ3) is 2.76. The molecule has 1 unspecified atom stereocenters. The summed E-state index contributed by atoms with van der Waals surface area (Å²) in [6, 6.07) is 10.0. The molecule has 2 aromatic rings. The number of pyridine rings is 1. The van der Waals surface area contributed by atoms with Crippen molar-refractivity contribution in [2.45, 2.75) is 25.8 Å². The maximum atomic E-state index is 13.0. The van der Waals surface area contributed by atoms with Crippen molar-refractivity contribution in [2.24, 2.45) is 0 Å². The number of hydrogen-bond donors (Lipinski definition) is 1. The number of nitrogens with one attached hydrogen (secondary N) is 1. The summed E-state index contributed by atoms with van der Waals surface area (Å²) >= 11 is 0. The number of fused-ring (bicyclic) bond motifs is 1. The second kappa shape index (κ2) is 6.22. The van der Waals surface area contributed by atoms with E-state index in [1.54, 1.807) is 6.20 Å². The molecule has 1 atom stereocenters. The van der Waals surface area contributed by atoms with E-state index in [2.05, 4.69) is 17.2 Å². The number of amides is 1. The summed E-state index contributed by atoms with van der Waals surface area (Å²) in [4.78, 5) is 19.4. The van der Waals surface area contributed by atoms with Crippen molar-refractivity contribution in [3.05, 3.63) is 42.1 Å². The maximum absolute atomic E-state index is 13.0. The molecule has 3 rings (SSSR count). The van der Waals surface area contributed by atoms with Crippen molar-refractivity contribution < 1.29 is 4.79 Å². The van der Waals surface area contributed by atoms with Crippen LogP contribution in [0.2, 0.25) is 0 Å². The van der Waals surface area contributed by atoms with Crippen LogP contribution in [0.4, 0.5) is 0 Å². The van der Waals surface area contributed by atoms with Crippen molar-refractivity contribution in [1.29, 1.82) is 0 Å². The number of para-hydroxylation sites is 1. The van der Waals surface area contributed by atoms with Crippen molar-refractivity contribution in [3.63, 3.8) is 0 Å². The minimum atomic E-state index is 0.106. The van der Waals surface area contributed by atoms with Gasteiger partial charge in [0.2, 0.25) is 0 Å². The Kier molecular flexibility index (Phi) is 4.15. The smallest absolute Gasteiger partial charge is 0.256 e. The summed E-state index contributed by atoms with van der Waals surface area (Å²) in [7, 11) is 0. The highest BCUT2D eigenvalue weighted by molar-refractivity contribution is 6.05. The number of rotatable bonds is 4. The Balaban J connectivity index is 1.97. The lowest BCUT2D eigenvalue weighted by Crippen LogP contribution is -2.42. The Morgan fingerprint density at radius 2 is 2.24 bits per heavy atom. The van der Waals surface area contributed by atoms with Gasteiger partial charge in [0.15, 0.2) is 0 Å². The average molecular weight is 283 g/mol. The fourth-order valence-corrected chi connectivity index (χ4v) is 3.03. The molecule has 1 N–H and O–H groups in total. The molecule has 0 bridgehead atoms. The van der Waals surface area contributed by atoms with Gasteiger partial charge in [0.05, 0.1) is 11.1 Å². The zero-order valence-corrected chi connectivity index (χ0v) is 12.4. The first kappa shape index (κ1) is 14.0. The van der Waals surface area contributed by atoms with E-state index in [-0.39, 0.29) is 5.91 Å². The molecule has 2 heterocycles. The Morgan fingerprint density at radius 3 is 3.00 bits per heavy atom. The predicted molar refractivity (Wildman–Crippen MR) is 84.3 cm³/mol. The van der Waals surface area contributed by atoms with Gasteiger partial charge in [-0.3, -0.25) is 9.78 Å². The molecule has 4 heteroatoms. The molecule has 1 amide bonds. The average Bonchev–Trinajstić information content (AvgIpc) is 3.05. The van der Waals surface area contributed by atoms with Crippen molar-refractivity contribution >= 4 is 16.8 Å². The quantitative estimate of drug-likeness (QED) is 0.937. The van der Waals surface area contributed by atoms with Gasteiger partial charge in [-0.25, -0.2) is 0 Å². The summed E-state index contributed by atoms with van der Waals surface area (Å²) < 4.78 is 0. The largest absolute Gasteiger partial charge is 0.334 e. The van der Waals surface area contributed by atoms with E-state index < -0.39 is 0 Å². The van der Waals surface area contributed by atoms with Gasteiger partial charge in [-0.05, 0) is 31.5 Å². The molecule has 0 spiro atoms. The molecular formula is C17H21N3O. The third-order valence-corrected chi connectivity index (χ3v) is 4.06. The number of benzene rings is 1. The molecule has 0 saturated carbocycles. The van der Waals surface area contributed by atoms with Gasteiger partial charge >= 0.3 is 0 Å². The van der Waals surface area contributed by atoms with Crippen LogP contribution in [0, 0.1) is 0 Å². The zero-order valence-electron chi connectivity index (χ0n) is 12.4. The molecule has 4 nitrogen and oxygen atoms in total. The maximum Gasteiger partial charge on any atom is 0.256 e. The lowest BCUT2D eigenvalue weighted by molar-refractivity contribution is 0.0694. The number of nitrogens with zero attached hydrogens (tertiary/aromatic N) is 2. The summed E-state index contributed by atoms with van der Waals surface area (Å²) in [5.74, 6) is 0.106. The van der Waals surface area contributed by atoms with Gasteiger partial charge in [0, 0.05) is 30.7 Å². The summed E-state index contributed by atoms with van der Waals surface area (Å²) in [5, 5.41) is 4.36. The highest BCUT2D eigenvalue weighted by atomic mass is 16.2. The second-order valence-electron chi connectivity index (χ2n) is 5.53. The van der Waals surface area contributed by atoms with E-state index >= 15 is 0 Å². The van der Waals surface area contributed by atoms with E-state index in [9.17, 15) is 4.79 Å². The SMILES string of the molecule is CCCN(C(=O)c1cccc2cccnc12)C1CCNC1. The van der Waals surface area contributed by atoms with Gasteiger partial charge in [-0.15, -0.1) is 0 Å². The number of hydrogen-bond acceptors (Lipinski definition) is 3. The van der Waals surface area contributed by atoms with Crippen LogP contribution in [0.1, 0.15) is 30.1 Å². The van der Waals surface area contributed by atoms with Crippen LogP contribution in [-0.4, -0.2) is 41.5 Å². The van der Waals surface area contributed by atoms with Crippen molar-refractivity contribution in [1.82, 2.24) is 15.2 Å². The van der Waals surface area contributed by atoms with Crippen LogP contribution in [0.25, 0.3) is 10.9 Å². The van der Waals surface area contributed by atoms with E-state index in [1.165, 1.54) is 0 Å². The van der Waals surface area contributed by atoms with Crippen LogP contribution < -0.4 is 5.32 Å². The Bertz CT molecular complexity index is 629. The molecule has 1 saturated heterocycles. The van der Waals surface area contributed by atoms with E-state index in [1.807, 2.05) is 35.2 Å². The first-order valence-electron chi connectivity index (χ1n) is 7.66. The molecule has 1 aliphatic rings. The second-order valence-corrected chi connectivity index (χ2v) is 5.53. The van der Waals surface area contributed by atoms with Crippen LogP contribution in [0.5, 0.6) is 0 Å². The normalized spacial score (nSPS) is 18.0. The first-order chi connectivity index (χ1) is 10.3. The van der Waals surface area contributed by atoms with E-state index in [4.69, 9.17) is 0 Å². The highest BCUT2D eigenvalue weighted by Crippen LogP contribution is 2.20. The standard InChI is InChI=1S/C17H21N3O/c1-2-11-20(14-8-10-18-12-14)17(21)15-7-3-5-13-6-4-9-19-16(13)15/h3-7,9,14,18H,2,8,10-12H2,1H3. The Morgan fingerprint density at radius 1 is 1.38 bits per heavy atom. The van der Waals surface area contributed by atoms with Gasteiger partial charge < -0.3 is 10.2 Å². The van der Waals surface area contributed by atoms with Crippen molar-refractivity contribution in [3.8, 4) is 0 Å². The fourth-order valence-electron chi connectivity index (χ4n) is 3.03. The molecule has 1 fully saturated rings. The predicted octanol–water partition coefficient (Wildman–Crippen LogP) is 2.45.